The lowest BCUT2D eigenvalue weighted by atomic mass is 10.1. The molecule has 0 aliphatic heterocycles. The Morgan fingerprint density at radius 3 is 2.70 bits per heavy atom. The Kier molecular flexibility index (Phi) is 4.67. The van der Waals surface area contributed by atoms with Crippen LogP contribution in [0.25, 0.3) is 16.6 Å². The van der Waals surface area contributed by atoms with E-state index in [9.17, 15) is 4.79 Å². The zero-order chi connectivity index (χ0) is 19.0. The lowest BCUT2D eigenvalue weighted by Gasteiger charge is -2.07. The quantitative estimate of drug-likeness (QED) is 0.529. The smallest absolute Gasteiger partial charge is 0.258 e. The Balaban J connectivity index is 1.62. The van der Waals surface area contributed by atoms with Crippen molar-refractivity contribution in [1.29, 1.82) is 0 Å². The van der Waals surface area contributed by atoms with Gasteiger partial charge in [0.05, 0.1) is 22.3 Å². The van der Waals surface area contributed by atoms with Gasteiger partial charge in [-0.2, -0.15) is 4.68 Å². The topological polar surface area (TPSA) is 89.3 Å². The average molecular weight is 399 g/mol. The molecule has 0 spiro atoms. The third kappa shape index (κ3) is 3.72. The van der Waals surface area contributed by atoms with Crippen molar-refractivity contribution in [2.45, 2.75) is 24.8 Å². The van der Waals surface area contributed by atoms with Crippen LogP contribution in [0.4, 0.5) is 0 Å². The Morgan fingerprint density at radius 1 is 1.15 bits per heavy atom. The van der Waals surface area contributed by atoms with Crippen LogP contribution >= 0.6 is 23.4 Å². The summed E-state index contributed by atoms with van der Waals surface area (Å²) in [6.45, 7) is 4.06. The number of aryl methyl sites for hydroxylation is 2. The van der Waals surface area contributed by atoms with Crippen molar-refractivity contribution in [2.75, 3.05) is 0 Å². The first-order valence-corrected chi connectivity index (χ1v) is 9.54. The molecule has 4 aromatic rings. The van der Waals surface area contributed by atoms with Crippen LogP contribution < -0.4 is 5.56 Å². The fraction of sp³-hybridized carbons (Fsp3) is 0.167. The first kappa shape index (κ1) is 17.7. The van der Waals surface area contributed by atoms with Crippen LogP contribution in [0.15, 0.2) is 46.3 Å². The normalized spacial score (nSPS) is 11.2. The third-order valence-corrected chi connectivity index (χ3v) is 5.11. The van der Waals surface area contributed by atoms with Gasteiger partial charge in [-0.05, 0) is 65.7 Å². The van der Waals surface area contributed by atoms with Crippen molar-refractivity contribution in [2.24, 2.45) is 0 Å². The van der Waals surface area contributed by atoms with Gasteiger partial charge in [0.15, 0.2) is 0 Å². The maximum atomic E-state index is 12.2. The molecule has 7 nitrogen and oxygen atoms in total. The van der Waals surface area contributed by atoms with Crippen LogP contribution in [0.5, 0.6) is 0 Å². The van der Waals surface area contributed by atoms with Crippen molar-refractivity contribution in [3.63, 3.8) is 0 Å². The zero-order valence-electron chi connectivity index (χ0n) is 14.6. The van der Waals surface area contributed by atoms with Gasteiger partial charge < -0.3 is 4.98 Å². The minimum atomic E-state index is -0.193. The fourth-order valence-electron chi connectivity index (χ4n) is 2.87. The van der Waals surface area contributed by atoms with Gasteiger partial charge in [0, 0.05) is 5.02 Å². The Labute approximate surface area is 163 Å². The molecule has 0 fully saturated rings. The van der Waals surface area contributed by atoms with Gasteiger partial charge in [0.25, 0.3) is 5.56 Å². The number of fused-ring (bicyclic) bond motifs is 1. The van der Waals surface area contributed by atoms with Crippen molar-refractivity contribution >= 4 is 34.3 Å². The molecule has 2 aromatic carbocycles. The number of aromatic nitrogens is 6. The molecule has 2 heterocycles. The number of halogens is 1. The summed E-state index contributed by atoms with van der Waals surface area (Å²) in [4.78, 5) is 19.5. The molecule has 4 rings (SSSR count). The average Bonchev–Trinajstić information content (AvgIpc) is 3.07. The summed E-state index contributed by atoms with van der Waals surface area (Å²) in [7, 11) is 0. The van der Waals surface area contributed by atoms with E-state index in [0.29, 0.717) is 32.7 Å². The molecule has 9 heteroatoms. The lowest BCUT2D eigenvalue weighted by molar-refractivity contribution is 0.754. The van der Waals surface area contributed by atoms with Crippen molar-refractivity contribution in [3.05, 3.63) is 68.7 Å². The van der Waals surface area contributed by atoms with E-state index in [-0.39, 0.29) is 5.56 Å². The summed E-state index contributed by atoms with van der Waals surface area (Å²) >= 11 is 7.40. The molecule has 136 valence electrons. The standard InChI is InChI=1S/C18H15ClN6OS/c1-10-5-11(2)7-13(6-10)25-18(22-23-24-25)27-9-16-20-15-8-12(19)3-4-14(15)17(26)21-16/h3-8H,9H2,1-2H3,(H,20,21,26). The van der Waals surface area contributed by atoms with Crippen LogP contribution in [0.1, 0.15) is 17.0 Å². The Hall–Kier alpha value is -2.71. The van der Waals surface area contributed by atoms with E-state index >= 15 is 0 Å². The van der Waals surface area contributed by atoms with Gasteiger partial charge in [-0.3, -0.25) is 4.79 Å². The number of H-pyrrole nitrogens is 1. The molecule has 0 aliphatic carbocycles. The van der Waals surface area contributed by atoms with E-state index in [1.54, 1.807) is 22.9 Å². The largest absolute Gasteiger partial charge is 0.309 e. The molecule has 0 saturated heterocycles. The lowest BCUT2D eigenvalue weighted by Crippen LogP contribution is -2.11. The van der Waals surface area contributed by atoms with Crippen LogP contribution in [-0.4, -0.2) is 30.2 Å². The van der Waals surface area contributed by atoms with E-state index in [4.69, 9.17) is 11.6 Å². The van der Waals surface area contributed by atoms with E-state index in [0.717, 1.165) is 16.8 Å². The molecule has 0 amide bonds. The highest BCUT2D eigenvalue weighted by atomic mass is 35.5. The van der Waals surface area contributed by atoms with E-state index in [2.05, 4.69) is 31.6 Å². The number of nitrogens with zero attached hydrogens (tertiary/aromatic N) is 5. The number of aromatic amines is 1. The Bertz CT molecular complexity index is 1180. The van der Waals surface area contributed by atoms with Crippen molar-refractivity contribution in [1.82, 2.24) is 30.2 Å². The highest BCUT2D eigenvalue weighted by Crippen LogP contribution is 2.23. The molecule has 0 aliphatic rings. The highest BCUT2D eigenvalue weighted by Gasteiger charge is 2.12. The minimum absolute atomic E-state index is 0.193. The molecule has 0 radical (unpaired) electrons. The number of tetrazole rings is 1. The zero-order valence-corrected chi connectivity index (χ0v) is 16.2. The number of benzene rings is 2. The number of hydrogen-bond donors (Lipinski definition) is 1. The molecule has 0 saturated carbocycles. The van der Waals surface area contributed by atoms with Gasteiger partial charge in [-0.25, -0.2) is 4.98 Å². The monoisotopic (exact) mass is 398 g/mol. The van der Waals surface area contributed by atoms with Crippen molar-refractivity contribution < 1.29 is 0 Å². The number of rotatable bonds is 4. The molecule has 0 unspecified atom stereocenters. The second-order valence-corrected chi connectivity index (χ2v) is 7.56. The van der Waals surface area contributed by atoms with Gasteiger partial charge in [-0.15, -0.1) is 5.10 Å². The highest BCUT2D eigenvalue weighted by molar-refractivity contribution is 7.98. The maximum absolute atomic E-state index is 12.2. The SMILES string of the molecule is Cc1cc(C)cc(-n2nnnc2SCc2nc3cc(Cl)ccc3c(=O)[nH]2)c1. The van der Waals surface area contributed by atoms with Crippen LogP contribution in [0, 0.1) is 13.8 Å². The predicted molar refractivity (Wildman–Crippen MR) is 106 cm³/mol. The first-order valence-electron chi connectivity index (χ1n) is 8.18. The Morgan fingerprint density at radius 2 is 1.93 bits per heavy atom. The summed E-state index contributed by atoms with van der Waals surface area (Å²) in [6.07, 6.45) is 0. The summed E-state index contributed by atoms with van der Waals surface area (Å²) in [5.41, 5.74) is 3.53. The second-order valence-electron chi connectivity index (χ2n) is 6.18. The van der Waals surface area contributed by atoms with Crippen LogP contribution in [0.3, 0.4) is 0 Å². The number of thioether (sulfide) groups is 1. The number of nitrogens with one attached hydrogen (secondary N) is 1. The fourth-order valence-corrected chi connectivity index (χ4v) is 3.79. The van der Waals surface area contributed by atoms with Gasteiger partial charge in [0.2, 0.25) is 5.16 Å². The maximum Gasteiger partial charge on any atom is 0.258 e. The second kappa shape index (κ2) is 7.13. The molecule has 27 heavy (non-hydrogen) atoms. The summed E-state index contributed by atoms with van der Waals surface area (Å²) < 4.78 is 1.68. The minimum Gasteiger partial charge on any atom is -0.309 e. The third-order valence-electron chi connectivity index (χ3n) is 3.95. The van der Waals surface area contributed by atoms with Crippen molar-refractivity contribution in [3.8, 4) is 5.69 Å². The van der Waals surface area contributed by atoms with Gasteiger partial charge >= 0.3 is 0 Å². The summed E-state index contributed by atoms with van der Waals surface area (Å²) in [5.74, 6) is 0.956. The van der Waals surface area contributed by atoms with Crippen LogP contribution in [0.2, 0.25) is 5.02 Å². The molecule has 0 bridgehead atoms. The first-order chi connectivity index (χ1) is 13.0. The van der Waals surface area contributed by atoms with E-state index < -0.39 is 0 Å². The van der Waals surface area contributed by atoms with Gasteiger partial charge in [0.1, 0.15) is 5.82 Å². The molecule has 1 N–H and O–H groups in total. The van der Waals surface area contributed by atoms with Gasteiger partial charge in [-0.1, -0.05) is 29.4 Å². The number of hydrogen-bond acceptors (Lipinski definition) is 6. The predicted octanol–water partition coefficient (Wildman–Crippen LogP) is 3.46. The molecule has 2 aromatic heterocycles. The summed E-state index contributed by atoms with van der Waals surface area (Å²) in [6, 6.07) is 11.2. The van der Waals surface area contributed by atoms with Crippen LogP contribution in [-0.2, 0) is 5.75 Å². The molecular formula is C18H15ClN6OS. The van der Waals surface area contributed by atoms with E-state index in [1.807, 2.05) is 26.0 Å². The summed E-state index contributed by atoms with van der Waals surface area (Å²) in [5, 5.41) is 13.6. The van der Waals surface area contributed by atoms with E-state index in [1.165, 1.54) is 11.8 Å². The molecular weight excluding hydrogens is 384 g/mol. The molecule has 0 atom stereocenters.